The zero-order chi connectivity index (χ0) is 17.9. The van der Waals surface area contributed by atoms with Crippen molar-refractivity contribution >= 4 is 17.0 Å². The summed E-state index contributed by atoms with van der Waals surface area (Å²) in [7, 11) is 0. The first-order valence-electron chi connectivity index (χ1n) is 8.89. The number of aromatic nitrogens is 5. The molecule has 3 atom stereocenters. The van der Waals surface area contributed by atoms with Crippen molar-refractivity contribution in [3.8, 4) is 0 Å². The van der Waals surface area contributed by atoms with Crippen molar-refractivity contribution in [1.82, 2.24) is 25.0 Å². The summed E-state index contributed by atoms with van der Waals surface area (Å²) in [6, 6.07) is 10.2. The van der Waals surface area contributed by atoms with Crippen LogP contribution in [0.2, 0.25) is 0 Å². The molecular weight excluding hydrogens is 332 g/mol. The summed E-state index contributed by atoms with van der Waals surface area (Å²) in [4.78, 5) is 8.63. The van der Waals surface area contributed by atoms with Crippen LogP contribution in [0.5, 0.6) is 0 Å². The van der Waals surface area contributed by atoms with E-state index < -0.39 is 6.10 Å². The Kier molecular flexibility index (Phi) is 4.77. The molecule has 136 valence electrons. The van der Waals surface area contributed by atoms with Crippen molar-refractivity contribution in [3.63, 3.8) is 0 Å². The fourth-order valence-electron chi connectivity index (χ4n) is 3.58. The summed E-state index contributed by atoms with van der Waals surface area (Å²) >= 11 is 0. The van der Waals surface area contributed by atoms with E-state index in [0.29, 0.717) is 29.8 Å². The van der Waals surface area contributed by atoms with Crippen LogP contribution >= 0.6 is 0 Å². The number of aliphatic hydroxyl groups excluding tert-OH is 2. The Balaban J connectivity index is 1.50. The van der Waals surface area contributed by atoms with E-state index in [1.807, 2.05) is 18.2 Å². The average molecular weight is 354 g/mol. The fraction of sp³-hybridized carbons (Fsp3) is 0.444. The van der Waals surface area contributed by atoms with Crippen LogP contribution in [0.15, 0.2) is 36.7 Å². The van der Waals surface area contributed by atoms with Crippen molar-refractivity contribution in [3.05, 3.63) is 42.2 Å². The smallest absolute Gasteiger partial charge is 0.184 e. The lowest BCUT2D eigenvalue weighted by molar-refractivity contribution is 0.0906. The maximum atomic E-state index is 10.0. The number of anilines is 1. The topological polar surface area (TPSA) is 109 Å². The molecule has 0 spiro atoms. The third-order valence-corrected chi connectivity index (χ3v) is 5.02. The lowest BCUT2D eigenvalue weighted by Crippen LogP contribution is -2.16. The highest BCUT2D eigenvalue weighted by atomic mass is 16.3. The third-order valence-electron chi connectivity index (χ3n) is 5.02. The van der Waals surface area contributed by atoms with Crippen LogP contribution in [-0.2, 0) is 6.42 Å². The predicted molar refractivity (Wildman–Crippen MR) is 96.6 cm³/mol. The Labute approximate surface area is 150 Å². The molecule has 0 saturated heterocycles. The molecule has 1 fully saturated rings. The molecule has 0 bridgehead atoms. The zero-order valence-electron chi connectivity index (χ0n) is 14.4. The monoisotopic (exact) mass is 354 g/mol. The summed E-state index contributed by atoms with van der Waals surface area (Å²) < 4.78 is 1.75. The molecule has 8 nitrogen and oxygen atoms in total. The Hall–Kier alpha value is -2.58. The van der Waals surface area contributed by atoms with Crippen molar-refractivity contribution in [2.24, 2.45) is 5.92 Å². The summed E-state index contributed by atoms with van der Waals surface area (Å²) in [5.41, 5.74) is 2.53. The lowest BCUT2D eigenvalue weighted by atomic mass is 10.1. The molecule has 3 aromatic rings. The Morgan fingerprint density at radius 1 is 1.15 bits per heavy atom. The molecule has 3 unspecified atom stereocenters. The lowest BCUT2D eigenvalue weighted by Gasteiger charge is -2.10. The van der Waals surface area contributed by atoms with Crippen LogP contribution in [0.1, 0.15) is 24.4 Å². The van der Waals surface area contributed by atoms with E-state index in [1.54, 1.807) is 4.68 Å². The van der Waals surface area contributed by atoms with Crippen LogP contribution in [-0.4, -0.2) is 54.4 Å². The van der Waals surface area contributed by atoms with E-state index in [9.17, 15) is 10.2 Å². The van der Waals surface area contributed by atoms with Crippen molar-refractivity contribution < 1.29 is 10.2 Å². The first-order chi connectivity index (χ1) is 12.8. The Morgan fingerprint density at radius 2 is 2.00 bits per heavy atom. The second kappa shape index (κ2) is 7.35. The van der Waals surface area contributed by atoms with Gasteiger partial charge in [0.25, 0.3) is 0 Å². The first-order valence-corrected chi connectivity index (χ1v) is 8.89. The van der Waals surface area contributed by atoms with E-state index in [2.05, 4.69) is 37.7 Å². The molecule has 1 aliphatic carbocycles. The molecule has 1 saturated carbocycles. The van der Waals surface area contributed by atoms with Crippen molar-refractivity contribution in [2.75, 3.05) is 18.5 Å². The highest BCUT2D eigenvalue weighted by Crippen LogP contribution is 2.35. The molecule has 0 radical (unpaired) electrons. The molecule has 26 heavy (non-hydrogen) atoms. The molecule has 0 amide bonds. The van der Waals surface area contributed by atoms with E-state index in [1.165, 1.54) is 11.9 Å². The number of nitrogens with zero attached hydrogens (tertiary/aromatic N) is 5. The van der Waals surface area contributed by atoms with Gasteiger partial charge in [-0.15, -0.1) is 5.10 Å². The quantitative estimate of drug-likeness (QED) is 0.610. The van der Waals surface area contributed by atoms with Crippen molar-refractivity contribution in [2.45, 2.75) is 31.4 Å². The Bertz CT molecular complexity index is 869. The maximum Gasteiger partial charge on any atom is 0.184 e. The minimum absolute atomic E-state index is 0.0146. The number of rotatable bonds is 6. The van der Waals surface area contributed by atoms with Gasteiger partial charge in [0.05, 0.1) is 12.1 Å². The van der Waals surface area contributed by atoms with E-state index in [-0.39, 0.29) is 18.6 Å². The molecule has 2 aromatic heterocycles. The van der Waals surface area contributed by atoms with Gasteiger partial charge in [-0.1, -0.05) is 35.5 Å². The van der Waals surface area contributed by atoms with Gasteiger partial charge >= 0.3 is 0 Å². The molecule has 4 rings (SSSR count). The van der Waals surface area contributed by atoms with E-state index in [4.69, 9.17) is 0 Å². The first kappa shape index (κ1) is 16.9. The second-order valence-electron chi connectivity index (χ2n) is 6.73. The molecule has 2 heterocycles. The van der Waals surface area contributed by atoms with Gasteiger partial charge in [0.2, 0.25) is 0 Å². The van der Waals surface area contributed by atoms with Gasteiger partial charge in [-0.25, -0.2) is 14.6 Å². The molecule has 0 aliphatic heterocycles. The number of fused-ring (bicyclic) bond motifs is 1. The third kappa shape index (κ3) is 3.25. The summed E-state index contributed by atoms with van der Waals surface area (Å²) in [5.74, 6) is 0.541. The highest BCUT2D eigenvalue weighted by molar-refractivity contribution is 5.81. The van der Waals surface area contributed by atoms with Gasteiger partial charge in [0.1, 0.15) is 6.33 Å². The summed E-state index contributed by atoms with van der Waals surface area (Å²) in [5, 5.41) is 31.2. The van der Waals surface area contributed by atoms with Gasteiger partial charge in [-0.2, -0.15) is 0 Å². The normalized spacial score (nSPS) is 22.8. The molecule has 1 aromatic carbocycles. The summed E-state index contributed by atoms with van der Waals surface area (Å²) in [6.07, 6.45) is 3.08. The van der Waals surface area contributed by atoms with Gasteiger partial charge in [0, 0.05) is 19.1 Å². The second-order valence-corrected chi connectivity index (χ2v) is 6.73. The van der Waals surface area contributed by atoms with Crippen LogP contribution < -0.4 is 5.32 Å². The molecular formula is C18H22N6O2. The number of benzene rings is 1. The number of hydrogen-bond acceptors (Lipinski definition) is 7. The molecule has 1 aliphatic rings. The van der Waals surface area contributed by atoms with Crippen LogP contribution in [0.3, 0.4) is 0 Å². The Morgan fingerprint density at radius 3 is 2.77 bits per heavy atom. The van der Waals surface area contributed by atoms with Crippen LogP contribution in [0.4, 0.5) is 5.82 Å². The largest absolute Gasteiger partial charge is 0.396 e. The highest BCUT2D eigenvalue weighted by Gasteiger charge is 2.35. The fourth-order valence-corrected chi connectivity index (χ4v) is 3.58. The maximum absolute atomic E-state index is 10.0. The SMILES string of the molecule is OCC1CC(n2nnc3c(NCCc4ccccc4)ncnc32)CC1O. The number of nitrogens with one attached hydrogen (secondary N) is 1. The average Bonchev–Trinajstić information content (AvgIpc) is 3.26. The van der Waals surface area contributed by atoms with Gasteiger partial charge in [-0.3, -0.25) is 0 Å². The van der Waals surface area contributed by atoms with Crippen LogP contribution in [0.25, 0.3) is 11.2 Å². The van der Waals surface area contributed by atoms with Gasteiger partial charge < -0.3 is 15.5 Å². The number of aliphatic hydroxyl groups is 2. The van der Waals surface area contributed by atoms with Gasteiger partial charge in [0.15, 0.2) is 17.0 Å². The minimum Gasteiger partial charge on any atom is -0.396 e. The van der Waals surface area contributed by atoms with E-state index >= 15 is 0 Å². The van der Waals surface area contributed by atoms with E-state index in [0.717, 1.165) is 13.0 Å². The minimum atomic E-state index is -0.519. The zero-order valence-corrected chi connectivity index (χ0v) is 14.4. The molecule has 3 N–H and O–H groups in total. The number of hydrogen-bond donors (Lipinski definition) is 3. The van der Waals surface area contributed by atoms with Crippen molar-refractivity contribution in [1.29, 1.82) is 0 Å². The van der Waals surface area contributed by atoms with Crippen LogP contribution in [0, 0.1) is 5.92 Å². The molecule has 8 heteroatoms. The predicted octanol–water partition coefficient (Wildman–Crippen LogP) is 1.18. The standard InChI is InChI=1S/C18H22N6O2/c25-10-13-8-14(9-15(13)26)24-18-16(22-23-24)17(20-11-21-18)19-7-6-12-4-2-1-3-5-12/h1-5,11,13-15,25-26H,6-10H2,(H,19,20,21). The van der Waals surface area contributed by atoms with Gasteiger partial charge in [-0.05, 0) is 24.8 Å². The summed E-state index contributed by atoms with van der Waals surface area (Å²) in [6.45, 7) is 0.712.